The van der Waals surface area contributed by atoms with E-state index < -0.39 is 65.6 Å². The van der Waals surface area contributed by atoms with Crippen LogP contribution in [0.5, 0.6) is 0 Å². The lowest BCUT2D eigenvalue weighted by Crippen LogP contribution is -2.58. The lowest BCUT2D eigenvalue weighted by Gasteiger charge is -2.35. The number of aliphatic hydroxyl groups excluding tert-OH is 5. The number of hydrogen-bond acceptors (Lipinski definition) is 11. The summed E-state index contributed by atoms with van der Waals surface area (Å²) >= 11 is 1.56. The molecule has 1 amide bonds. The molecule has 186 valence electrons. The predicted molar refractivity (Wildman–Crippen MR) is 116 cm³/mol. The van der Waals surface area contributed by atoms with Crippen molar-refractivity contribution in [3.8, 4) is 12.3 Å². The van der Waals surface area contributed by atoms with E-state index in [2.05, 4.69) is 11.2 Å². The van der Waals surface area contributed by atoms with Crippen LogP contribution in [0.3, 0.4) is 0 Å². The molecule has 0 radical (unpaired) electrons. The third-order valence-electron chi connectivity index (χ3n) is 4.08. The van der Waals surface area contributed by atoms with Crippen molar-refractivity contribution in [2.24, 2.45) is 0 Å². The van der Waals surface area contributed by atoms with Gasteiger partial charge in [-0.15, -0.1) is 6.42 Å². The summed E-state index contributed by atoms with van der Waals surface area (Å²) < 4.78 is 13.9. The van der Waals surface area contributed by atoms with Gasteiger partial charge in [0, 0.05) is 6.42 Å². The van der Waals surface area contributed by atoms with Gasteiger partial charge in [-0.1, -0.05) is 28.5 Å². The molecule has 0 aliphatic carbocycles. The van der Waals surface area contributed by atoms with Crippen LogP contribution in [0.15, 0.2) is 0 Å². The van der Waals surface area contributed by atoms with Crippen LogP contribution in [-0.4, -0.2) is 128 Å². The number of alkyl halides is 1. The van der Waals surface area contributed by atoms with Gasteiger partial charge in [-0.25, -0.2) is 4.79 Å². The Morgan fingerprint density at radius 3 is 2.19 bits per heavy atom. The molecule has 13 nitrogen and oxygen atoms in total. The minimum absolute atomic E-state index is 0.104. The number of aliphatic carboxylic acids is 1. The van der Waals surface area contributed by atoms with Gasteiger partial charge in [0.2, 0.25) is 5.91 Å². The minimum atomic E-state index is -2.89. The molecule has 0 aliphatic rings. The standard InChI is InChI=1S/C18H30INO12/c1-2-3-30-4-5-31-6-7-32-18(29,17(27)28)8-11(23)15(20-13(25)10-22)14(19)16(26)12(24)9-21/h1,11-12,14-16,21-24,26,29H,3-10H2,(H,20,25)(H,27,28)/t11-,12+,14+,15+,16+,18?/m0/s1. The molecule has 0 aromatic heterocycles. The zero-order chi connectivity index (χ0) is 24.7. The maximum Gasteiger partial charge on any atom is 0.364 e. The molecule has 0 rings (SSSR count). The number of terminal acetylenes is 1. The summed E-state index contributed by atoms with van der Waals surface area (Å²) in [5, 5.41) is 70.0. The highest BCUT2D eigenvalue weighted by atomic mass is 127. The fourth-order valence-corrected chi connectivity index (χ4v) is 3.53. The number of carbonyl (C=O) groups excluding carboxylic acids is 1. The number of amides is 1. The first-order chi connectivity index (χ1) is 15.0. The number of rotatable bonds is 18. The molecule has 32 heavy (non-hydrogen) atoms. The second-order valence-electron chi connectivity index (χ2n) is 6.51. The fourth-order valence-electron chi connectivity index (χ4n) is 2.39. The van der Waals surface area contributed by atoms with Gasteiger partial charge in [-0.3, -0.25) is 4.79 Å². The number of aliphatic hydroxyl groups is 6. The predicted octanol–water partition coefficient (Wildman–Crippen LogP) is -3.81. The lowest BCUT2D eigenvalue weighted by molar-refractivity contribution is -0.237. The van der Waals surface area contributed by atoms with Gasteiger partial charge in [-0.2, -0.15) is 0 Å². The summed E-state index contributed by atoms with van der Waals surface area (Å²) in [4.78, 5) is 23.2. The van der Waals surface area contributed by atoms with Crippen molar-refractivity contribution in [3.63, 3.8) is 0 Å². The first kappa shape index (κ1) is 30.9. The highest BCUT2D eigenvalue weighted by molar-refractivity contribution is 14.1. The zero-order valence-electron chi connectivity index (χ0n) is 17.2. The topological polar surface area (TPSA) is 215 Å². The Kier molecular flexibility index (Phi) is 15.9. The molecule has 0 aromatic rings. The van der Waals surface area contributed by atoms with Crippen LogP contribution in [0.2, 0.25) is 0 Å². The maximum absolute atomic E-state index is 11.6. The molecule has 8 N–H and O–H groups in total. The van der Waals surface area contributed by atoms with Gasteiger partial charge in [0.05, 0.1) is 55.2 Å². The average molecular weight is 579 g/mol. The Balaban J connectivity index is 5.10. The molecule has 0 saturated carbocycles. The molecular formula is C18H30INO12. The molecule has 14 heteroatoms. The SMILES string of the molecule is C#CCOCCOCCOC(O)(C[C@H](O)[C@@H](NC(=O)CO)[C@@H](I)[C@H](O)[C@H](O)CO)C(=O)O. The van der Waals surface area contributed by atoms with Crippen LogP contribution in [0, 0.1) is 12.3 Å². The molecule has 0 heterocycles. The Labute approximate surface area is 198 Å². The Hall–Kier alpha value is -1.13. The molecule has 6 atom stereocenters. The summed E-state index contributed by atoms with van der Waals surface area (Å²) in [6.45, 7) is -1.87. The van der Waals surface area contributed by atoms with Gasteiger partial charge in [0.25, 0.3) is 5.79 Å². The number of nitrogens with one attached hydrogen (secondary N) is 1. The van der Waals surface area contributed by atoms with Gasteiger partial charge < -0.3 is 55.3 Å². The van der Waals surface area contributed by atoms with Crippen LogP contribution in [0.1, 0.15) is 6.42 Å². The zero-order valence-corrected chi connectivity index (χ0v) is 19.3. The number of hydrogen-bond donors (Lipinski definition) is 8. The summed E-state index contributed by atoms with van der Waals surface area (Å²) in [6, 6.07) is -1.44. The molecular weight excluding hydrogens is 549 g/mol. The van der Waals surface area contributed by atoms with Crippen molar-refractivity contribution in [1.82, 2.24) is 5.32 Å². The van der Waals surface area contributed by atoms with Gasteiger partial charge in [0.1, 0.15) is 19.3 Å². The molecule has 1 unspecified atom stereocenters. The van der Waals surface area contributed by atoms with E-state index in [9.17, 15) is 35.1 Å². The van der Waals surface area contributed by atoms with Crippen LogP contribution in [0.4, 0.5) is 0 Å². The molecule has 0 saturated heterocycles. The summed E-state index contributed by atoms with van der Waals surface area (Å²) in [7, 11) is 0. The highest BCUT2D eigenvalue weighted by Crippen LogP contribution is 2.24. The molecule has 0 bridgehead atoms. The van der Waals surface area contributed by atoms with E-state index >= 15 is 0 Å². The van der Waals surface area contributed by atoms with Crippen molar-refractivity contribution in [2.75, 3.05) is 46.2 Å². The Bertz CT molecular complexity index is 603. The van der Waals surface area contributed by atoms with Gasteiger partial charge in [0.15, 0.2) is 0 Å². The number of carboxylic acids is 1. The maximum atomic E-state index is 11.6. The highest BCUT2D eigenvalue weighted by Gasteiger charge is 2.44. The number of carbonyl (C=O) groups is 2. The van der Waals surface area contributed by atoms with Crippen molar-refractivity contribution in [3.05, 3.63) is 0 Å². The normalized spacial score (nSPS) is 17.9. The van der Waals surface area contributed by atoms with E-state index in [1.165, 1.54) is 0 Å². The van der Waals surface area contributed by atoms with Gasteiger partial charge >= 0.3 is 5.97 Å². The third-order valence-corrected chi connectivity index (χ3v) is 5.59. The molecule has 0 spiro atoms. The van der Waals surface area contributed by atoms with Crippen molar-refractivity contribution < 1.29 is 59.5 Å². The lowest BCUT2D eigenvalue weighted by atomic mass is 9.95. The van der Waals surface area contributed by atoms with E-state index in [1.54, 1.807) is 22.6 Å². The van der Waals surface area contributed by atoms with Crippen molar-refractivity contribution in [2.45, 2.75) is 40.5 Å². The molecule has 0 aliphatic heterocycles. The van der Waals surface area contributed by atoms with Crippen LogP contribution in [0.25, 0.3) is 0 Å². The minimum Gasteiger partial charge on any atom is -0.477 e. The quantitative estimate of drug-likeness (QED) is 0.0258. The van der Waals surface area contributed by atoms with Crippen LogP contribution in [-0.2, 0) is 23.8 Å². The molecule has 0 fully saturated rings. The van der Waals surface area contributed by atoms with E-state index in [0.717, 1.165) is 0 Å². The second-order valence-corrected chi connectivity index (χ2v) is 7.95. The summed E-state index contributed by atoms with van der Waals surface area (Å²) in [6.07, 6.45) is -1.04. The average Bonchev–Trinajstić information content (AvgIpc) is 2.77. The monoisotopic (exact) mass is 579 g/mol. The first-order valence-electron chi connectivity index (χ1n) is 9.42. The Morgan fingerprint density at radius 2 is 1.66 bits per heavy atom. The fraction of sp³-hybridized carbons (Fsp3) is 0.778. The van der Waals surface area contributed by atoms with Crippen molar-refractivity contribution in [1.29, 1.82) is 0 Å². The number of carboxylic acid groups (broad SMARTS) is 1. The van der Waals surface area contributed by atoms with E-state index in [1.807, 2.05) is 0 Å². The summed E-state index contributed by atoms with van der Waals surface area (Å²) in [5.74, 6) is -3.43. The first-order valence-corrected chi connectivity index (χ1v) is 10.7. The summed E-state index contributed by atoms with van der Waals surface area (Å²) in [5.41, 5.74) is 0. The van der Waals surface area contributed by atoms with Crippen LogP contribution >= 0.6 is 22.6 Å². The number of ether oxygens (including phenoxy) is 3. The van der Waals surface area contributed by atoms with Crippen molar-refractivity contribution >= 4 is 34.5 Å². The second kappa shape index (κ2) is 16.5. The van der Waals surface area contributed by atoms with E-state index in [-0.39, 0.29) is 33.0 Å². The van der Waals surface area contributed by atoms with E-state index in [4.69, 9.17) is 30.8 Å². The molecule has 0 aromatic carbocycles. The van der Waals surface area contributed by atoms with Gasteiger partial charge in [-0.05, 0) is 0 Å². The number of halogens is 1. The third kappa shape index (κ3) is 11.1. The smallest absolute Gasteiger partial charge is 0.364 e. The van der Waals surface area contributed by atoms with Crippen LogP contribution < -0.4 is 5.32 Å². The Morgan fingerprint density at radius 1 is 1.06 bits per heavy atom. The van der Waals surface area contributed by atoms with E-state index in [0.29, 0.717) is 0 Å². The largest absolute Gasteiger partial charge is 0.477 e.